The molecule has 31 heavy (non-hydrogen) atoms. The first-order valence-corrected chi connectivity index (χ1v) is 11.9. The maximum Gasteiger partial charge on any atom is 0.266 e. The number of nitrogens with one attached hydrogen (secondary N) is 1. The van der Waals surface area contributed by atoms with E-state index in [0.717, 1.165) is 22.9 Å². The zero-order valence-electron chi connectivity index (χ0n) is 15.8. The van der Waals surface area contributed by atoms with Crippen LogP contribution in [0.5, 0.6) is 5.75 Å². The minimum atomic E-state index is -0.673. The molecule has 0 atom stereocenters. The van der Waals surface area contributed by atoms with Crippen molar-refractivity contribution in [2.45, 2.75) is 6.61 Å². The first-order valence-electron chi connectivity index (χ1n) is 8.91. The highest BCUT2D eigenvalue weighted by atomic mass is 127. The molecule has 1 N–H and O–H groups in total. The number of hydrogen-bond acceptors (Lipinski definition) is 3. The van der Waals surface area contributed by atoms with Gasteiger partial charge in [0.15, 0.2) is 0 Å². The molecule has 0 aliphatic carbocycles. The highest BCUT2D eigenvalue weighted by molar-refractivity contribution is 14.1. The lowest BCUT2D eigenvalue weighted by Gasteiger charge is -2.12. The van der Waals surface area contributed by atoms with Crippen LogP contribution in [0.4, 0.5) is 10.1 Å². The Hall–Kier alpha value is -1.97. The molecule has 0 saturated heterocycles. The number of para-hydroxylation sites is 1. The van der Waals surface area contributed by atoms with Gasteiger partial charge in [-0.05, 0) is 98.8 Å². The topological polar surface area (TPSA) is 62.1 Å². The Morgan fingerprint density at radius 3 is 2.39 bits per heavy atom. The van der Waals surface area contributed by atoms with Crippen LogP contribution in [-0.2, 0) is 11.4 Å². The fourth-order valence-corrected chi connectivity index (χ4v) is 5.00. The number of nitrogens with zero attached hydrogens (tertiary/aromatic N) is 1. The first kappa shape index (κ1) is 23.7. The van der Waals surface area contributed by atoms with Crippen molar-refractivity contribution in [2.75, 3.05) is 5.32 Å². The average molecular weight is 703 g/mol. The summed E-state index contributed by atoms with van der Waals surface area (Å²) in [7, 11) is 0. The average Bonchev–Trinajstić information content (AvgIpc) is 2.74. The SMILES string of the molecule is N#C/C(=C/c1cc(I)c(OCc2ccc(Br)cc2)c(I)c1)C(=O)Nc1ccccc1F. The summed E-state index contributed by atoms with van der Waals surface area (Å²) in [5.41, 5.74) is 1.60. The van der Waals surface area contributed by atoms with Gasteiger partial charge in [0, 0.05) is 4.47 Å². The predicted molar refractivity (Wildman–Crippen MR) is 139 cm³/mol. The van der Waals surface area contributed by atoms with E-state index < -0.39 is 11.7 Å². The van der Waals surface area contributed by atoms with E-state index in [-0.39, 0.29) is 11.3 Å². The van der Waals surface area contributed by atoms with Crippen molar-refractivity contribution in [2.24, 2.45) is 0 Å². The summed E-state index contributed by atoms with van der Waals surface area (Å²) < 4.78 is 22.5. The highest BCUT2D eigenvalue weighted by Crippen LogP contribution is 2.30. The monoisotopic (exact) mass is 702 g/mol. The number of amides is 1. The first-order chi connectivity index (χ1) is 14.9. The smallest absolute Gasteiger partial charge is 0.266 e. The van der Waals surface area contributed by atoms with Gasteiger partial charge in [-0.15, -0.1) is 0 Å². The molecule has 0 unspecified atom stereocenters. The third kappa shape index (κ3) is 6.51. The van der Waals surface area contributed by atoms with Crippen molar-refractivity contribution in [3.05, 3.63) is 94.8 Å². The summed E-state index contributed by atoms with van der Waals surface area (Å²) in [5.74, 6) is -0.506. The van der Waals surface area contributed by atoms with E-state index in [4.69, 9.17) is 4.74 Å². The number of anilines is 1. The predicted octanol–water partition coefficient (Wildman–Crippen LogP) is 6.92. The molecule has 1 amide bonds. The van der Waals surface area contributed by atoms with Gasteiger partial charge in [0.1, 0.15) is 29.8 Å². The van der Waals surface area contributed by atoms with Crippen molar-refractivity contribution in [3.8, 4) is 11.8 Å². The van der Waals surface area contributed by atoms with Gasteiger partial charge >= 0.3 is 0 Å². The van der Waals surface area contributed by atoms with E-state index in [1.165, 1.54) is 24.3 Å². The fourth-order valence-electron chi connectivity index (χ4n) is 2.60. The zero-order chi connectivity index (χ0) is 22.4. The molecule has 0 spiro atoms. The molecule has 0 aromatic heterocycles. The number of carbonyl (C=O) groups excluding carboxylic acids is 1. The second-order valence-electron chi connectivity index (χ2n) is 6.33. The molecule has 3 aromatic carbocycles. The summed E-state index contributed by atoms with van der Waals surface area (Å²) in [6.07, 6.45) is 1.47. The van der Waals surface area contributed by atoms with Crippen molar-refractivity contribution in [1.29, 1.82) is 5.26 Å². The van der Waals surface area contributed by atoms with Gasteiger partial charge in [0.05, 0.1) is 12.8 Å². The summed E-state index contributed by atoms with van der Waals surface area (Å²) in [4.78, 5) is 12.4. The summed E-state index contributed by atoms with van der Waals surface area (Å²) >= 11 is 7.73. The Morgan fingerprint density at radius 1 is 1.13 bits per heavy atom. The lowest BCUT2D eigenvalue weighted by Crippen LogP contribution is -2.14. The highest BCUT2D eigenvalue weighted by Gasteiger charge is 2.14. The van der Waals surface area contributed by atoms with Crippen LogP contribution in [0.25, 0.3) is 6.08 Å². The lowest BCUT2D eigenvalue weighted by atomic mass is 10.1. The molecule has 3 rings (SSSR count). The van der Waals surface area contributed by atoms with E-state index >= 15 is 0 Å². The second kappa shape index (κ2) is 11.1. The van der Waals surface area contributed by atoms with Crippen LogP contribution < -0.4 is 10.1 Å². The van der Waals surface area contributed by atoms with Gasteiger partial charge in [0.2, 0.25) is 0 Å². The van der Waals surface area contributed by atoms with Crippen molar-refractivity contribution >= 4 is 78.8 Å². The fraction of sp³-hybridized carbons (Fsp3) is 0.0435. The minimum Gasteiger partial charge on any atom is -0.487 e. The molecule has 0 saturated carbocycles. The molecule has 8 heteroatoms. The Bertz CT molecular complexity index is 1170. The van der Waals surface area contributed by atoms with Gasteiger partial charge in [-0.1, -0.05) is 40.2 Å². The number of hydrogen-bond donors (Lipinski definition) is 1. The summed E-state index contributed by atoms with van der Waals surface area (Å²) in [6, 6.07) is 19.2. The molecule has 0 radical (unpaired) electrons. The van der Waals surface area contributed by atoms with Crippen LogP contribution >= 0.6 is 61.1 Å². The number of carbonyl (C=O) groups is 1. The van der Waals surface area contributed by atoms with Crippen LogP contribution in [0.1, 0.15) is 11.1 Å². The largest absolute Gasteiger partial charge is 0.487 e. The summed E-state index contributed by atoms with van der Waals surface area (Å²) in [5, 5.41) is 11.9. The van der Waals surface area contributed by atoms with Crippen molar-refractivity contribution in [1.82, 2.24) is 0 Å². The number of rotatable bonds is 6. The number of halogens is 4. The van der Waals surface area contributed by atoms with Gasteiger partial charge in [-0.2, -0.15) is 5.26 Å². The Balaban J connectivity index is 1.78. The van der Waals surface area contributed by atoms with Crippen LogP contribution in [0.15, 0.2) is 70.7 Å². The number of ether oxygens (including phenoxy) is 1. The minimum absolute atomic E-state index is 0.0227. The Labute approximate surface area is 214 Å². The lowest BCUT2D eigenvalue weighted by molar-refractivity contribution is -0.112. The van der Waals surface area contributed by atoms with Crippen LogP contribution in [-0.4, -0.2) is 5.91 Å². The molecular formula is C23H14BrFI2N2O2. The summed E-state index contributed by atoms with van der Waals surface area (Å²) in [6.45, 7) is 0.420. The molecule has 3 aromatic rings. The van der Waals surface area contributed by atoms with Crippen LogP contribution in [0, 0.1) is 24.3 Å². The standard InChI is InChI=1S/C23H14BrFI2N2O2/c24-17-7-5-14(6-8-17)13-31-22-19(26)10-15(11-20(22)27)9-16(12-28)23(30)29-21-4-2-1-3-18(21)25/h1-11H,13H2,(H,29,30)/b16-9-. The van der Waals surface area contributed by atoms with Gasteiger partial charge < -0.3 is 10.1 Å². The van der Waals surface area contributed by atoms with E-state index in [2.05, 4.69) is 66.4 Å². The molecule has 4 nitrogen and oxygen atoms in total. The molecule has 156 valence electrons. The van der Waals surface area contributed by atoms with E-state index in [0.29, 0.717) is 12.2 Å². The second-order valence-corrected chi connectivity index (χ2v) is 9.57. The quantitative estimate of drug-likeness (QED) is 0.172. The van der Waals surface area contributed by atoms with Gasteiger partial charge in [-0.25, -0.2) is 4.39 Å². The van der Waals surface area contributed by atoms with Crippen LogP contribution in [0.3, 0.4) is 0 Å². The zero-order valence-corrected chi connectivity index (χ0v) is 21.7. The van der Waals surface area contributed by atoms with E-state index in [1.807, 2.05) is 42.5 Å². The van der Waals surface area contributed by atoms with Gasteiger partial charge in [-0.3, -0.25) is 4.79 Å². The molecule has 0 aliphatic heterocycles. The Kier molecular flexibility index (Phi) is 8.45. The molecule has 0 aliphatic rings. The molecule has 0 fully saturated rings. The molecule has 0 bridgehead atoms. The maximum atomic E-state index is 13.8. The van der Waals surface area contributed by atoms with Crippen molar-refractivity contribution < 1.29 is 13.9 Å². The van der Waals surface area contributed by atoms with E-state index in [1.54, 1.807) is 6.07 Å². The van der Waals surface area contributed by atoms with Crippen molar-refractivity contribution in [3.63, 3.8) is 0 Å². The normalized spacial score (nSPS) is 11.0. The Morgan fingerprint density at radius 2 is 1.77 bits per heavy atom. The van der Waals surface area contributed by atoms with Crippen LogP contribution in [0.2, 0.25) is 0 Å². The molecule has 0 heterocycles. The third-order valence-corrected chi connectivity index (χ3v) is 6.25. The van der Waals surface area contributed by atoms with E-state index in [9.17, 15) is 14.4 Å². The molecular weight excluding hydrogens is 689 g/mol. The van der Waals surface area contributed by atoms with Gasteiger partial charge in [0.25, 0.3) is 5.91 Å². The number of nitriles is 1. The number of benzene rings is 3. The third-order valence-electron chi connectivity index (χ3n) is 4.12. The maximum absolute atomic E-state index is 13.8.